The summed E-state index contributed by atoms with van der Waals surface area (Å²) < 4.78 is 0. The molecule has 0 aliphatic rings. The summed E-state index contributed by atoms with van der Waals surface area (Å²) >= 11 is 3.39. The van der Waals surface area contributed by atoms with Crippen LogP contribution in [-0.4, -0.2) is 5.11 Å². The molecule has 5 heteroatoms. The molecule has 0 amide bonds. The zero-order valence-electron chi connectivity index (χ0n) is 11.9. The summed E-state index contributed by atoms with van der Waals surface area (Å²) in [5.41, 5.74) is 13.8. The van der Waals surface area contributed by atoms with E-state index >= 15 is 0 Å². The van der Waals surface area contributed by atoms with E-state index in [0.29, 0.717) is 6.54 Å². The Morgan fingerprint density at radius 3 is 1.67 bits per heavy atom. The van der Waals surface area contributed by atoms with Crippen LogP contribution in [0.15, 0.2) is 48.5 Å². The second-order valence-electron chi connectivity index (χ2n) is 4.38. The molecule has 116 valence electrons. The summed E-state index contributed by atoms with van der Waals surface area (Å²) in [5, 5.41) is 9.60. The van der Waals surface area contributed by atoms with Gasteiger partial charge in [0, 0.05) is 17.4 Å². The fourth-order valence-corrected chi connectivity index (χ4v) is 1.95. The number of halogens is 2. The molecule has 0 atom stereocenters. The lowest BCUT2D eigenvalue weighted by atomic mass is 10.1. The second-order valence-corrected chi connectivity index (χ2v) is 4.94. The first-order valence-corrected chi connectivity index (χ1v) is 7.67. The molecule has 0 heterocycles. The molecule has 0 fully saturated rings. The normalized spacial score (nSPS) is 9.33. The summed E-state index contributed by atoms with van der Waals surface area (Å²) in [6.07, 6.45) is 0. The van der Waals surface area contributed by atoms with E-state index in [1.807, 2.05) is 24.3 Å². The van der Waals surface area contributed by atoms with E-state index < -0.39 is 0 Å². The third-order valence-electron chi connectivity index (χ3n) is 2.91. The van der Waals surface area contributed by atoms with E-state index in [0.717, 1.165) is 23.0 Å². The van der Waals surface area contributed by atoms with Crippen LogP contribution >= 0.6 is 15.9 Å². The average molecular weight is 418 g/mol. The maximum Gasteiger partial charge on any atom is 0.0997 e. The quantitative estimate of drug-likeness (QED) is 0.556. The van der Waals surface area contributed by atoms with Gasteiger partial charge in [-0.3, -0.25) is 0 Å². The molecular formula is C16H22Br2N2O. The number of aliphatic hydroxyl groups is 1. The van der Waals surface area contributed by atoms with Crippen LogP contribution in [0.3, 0.4) is 0 Å². The Balaban J connectivity index is 0.000000364. The zero-order chi connectivity index (χ0) is 14.8. The van der Waals surface area contributed by atoms with Crippen molar-refractivity contribution >= 4 is 15.9 Å². The Bertz CT molecular complexity index is 393. The molecule has 0 spiro atoms. The fraction of sp³-hybridized carbons (Fsp3) is 0.250. The zero-order valence-corrected chi connectivity index (χ0v) is 15.1. The number of benzene rings is 2. The van der Waals surface area contributed by atoms with Crippen LogP contribution in [0.2, 0.25) is 0 Å². The number of aliphatic hydroxyl groups excluding tert-OH is 1. The lowest BCUT2D eigenvalue weighted by Crippen LogP contribution is -3.00. The highest BCUT2D eigenvalue weighted by Gasteiger charge is 1.91. The van der Waals surface area contributed by atoms with E-state index in [1.54, 1.807) is 0 Å². The molecule has 0 saturated carbocycles. The van der Waals surface area contributed by atoms with Gasteiger partial charge in [-0.15, -0.1) is 0 Å². The minimum atomic E-state index is 0. The largest absolute Gasteiger partial charge is 1.00 e. The van der Waals surface area contributed by atoms with Crippen LogP contribution in [0.25, 0.3) is 0 Å². The Morgan fingerprint density at radius 1 is 0.857 bits per heavy atom. The van der Waals surface area contributed by atoms with Crippen molar-refractivity contribution in [3.8, 4) is 0 Å². The highest BCUT2D eigenvalue weighted by Crippen LogP contribution is 2.06. The lowest BCUT2D eigenvalue weighted by molar-refractivity contribution is -0.386. The van der Waals surface area contributed by atoms with Gasteiger partial charge >= 0.3 is 0 Å². The predicted octanol–water partition coefficient (Wildman–Crippen LogP) is -1.03. The van der Waals surface area contributed by atoms with Gasteiger partial charge in [0.05, 0.1) is 13.2 Å². The second kappa shape index (κ2) is 11.9. The number of hydrogen-bond donors (Lipinski definition) is 3. The highest BCUT2D eigenvalue weighted by molar-refractivity contribution is 9.08. The standard InChI is InChI=1S/C8H10BrN.C8H11NO.BrH/c2*9-5-7-1-3-8(6-10)4-2-7;/h1-4H,5-6,10H2;1-4,10H,5-6,9H2;1H. The van der Waals surface area contributed by atoms with Gasteiger partial charge in [-0.1, -0.05) is 64.5 Å². The summed E-state index contributed by atoms with van der Waals surface area (Å²) in [6, 6.07) is 16.1. The average Bonchev–Trinajstić information content (AvgIpc) is 2.55. The van der Waals surface area contributed by atoms with Gasteiger partial charge in [0.1, 0.15) is 0 Å². The number of quaternary nitrogens is 1. The van der Waals surface area contributed by atoms with Crippen molar-refractivity contribution in [3.63, 3.8) is 0 Å². The fourth-order valence-electron chi connectivity index (χ4n) is 1.58. The molecule has 0 saturated heterocycles. The topological polar surface area (TPSA) is 73.9 Å². The van der Waals surface area contributed by atoms with Crippen molar-refractivity contribution in [2.45, 2.75) is 25.0 Å². The highest BCUT2D eigenvalue weighted by atomic mass is 79.9. The predicted molar refractivity (Wildman–Crippen MR) is 85.9 cm³/mol. The van der Waals surface area contributed by atoms with Crippen molar-refractivity contribution < 1.29 is 27.8 Å². The van der Waals surface area contributed by atoms with E-state index in [2.05, 4.69) is 45.9 Å². The third-order valence-corrected chi connectivity index (χ3v) is 3.55. The van der Waals surface area contributed by atoms with Gasteiger partial charge in [0.25, 0.3) is 0 Å². The Hall–Kier alpha value is -0.720. The summed E-state index contributed by atoms with van der Waals surface area (Å²) in [6.45, 7) is 1.54. The van der Waals surface area contributed by atoms with E-state index in [1.165, 1.54) is 11.1 Å². The molecule has 0 aliphatic heterocycles. The van der Waals surface area contributed by atoms with Crippen LogP contribution < -0.4 is 28.4 Å². The molecule has 6 N–H and O–H groups in total. The minimum Gasteiger partial charge on any atom is -1.00 e. The van der Waals surface area contributed by atoms with Crippen molar-refractivity contribution in [1.82, 2.24) is 0 Å². The molecular weight excluding hydrogens is 396 g/mol. The van der Waals surface area contributed by atoms with Crippen LogP contribution in [0.5, 0.6) is 0 Å². The van der Waals surface area contributed by atoms with Crippen LogP contribution in [0, 0.1) is 0 Å². The van der Waals surface area contributed by atoms with Crippen LogP contribution in [0.4, 0.5) is 0 Å². The Kier molecular flexibility index (Phi) is 11.5. The van der Waals surface area contributed by atoms with Gasteiger partial charge in [0.15, 0.2) is 0 Å². The third kappa shape index (κ3) is 7.74. The number of rotatable bonds is 4. The van der Waals surface area contributed by atoms with Crippen molar-refractivity contribution in [2.24, 2.45) is 5.73 Å². The smallest absolute Gasteiger partial charge is 0.0997 e. The van der Waals surface area contributed by atoms with Crippen LogP contribution in [0.1, 0.15) is 22.3 Å². The number of alkyl halides is 1. The summed E-state index contributed by atoms with van der Waals surface area (Å²) in [5.74, 6) is 0. The van der Waals surface area contributed by atoms with Gasteiger partial charge in [-0.05, 0) is 16.7 Å². The maximum absolute atomic E-state index is 8.67. The molecule has 21 heavy (non-hydrogen) atoms. The minimum absolute atomic E-state index is 0. The molecule has 0 aromatic heterocycles. The first-order valence-electron chi connectivity index (χ1n) is 6.55. The molecule has 0 bridgehead atoms. The maximum atomic E-state index is 8.67. The van der Waals surface area contributed by atoms with E-state index in [-0.39, 0.29) is 23.6 Å². The van der Waals surface area contributed by atoms with Crippen molar-refractivity contribution in [1.29, 1.82) is 0 Å². The van der Waals surface area contributed by atoms with Gasteiger partial charge < -0.3 is 33.6 Å². The first kappa shape index (κ1) is 20.3. The molecule has 0 radical (unpaired) electrons. The number of hydrogen-bond acceptors (Lipinski definition) is 2. The molecule has 2 aromatic carbocycles. The molecule has 2 aromatic rings. The Labute approximate surface area is 145 Å². The SMILES string of the molecule is NCc1ccc(CO)cc1.[Br-].[NH3+]Cc1ccc(CBr)cc1. The Morgan fingerprint density at radius 2 is 1.29 bits per heavy atom. The molecule has 0 unspecified atom stereocenters. The van der Waals surface area contributed by atoms with Crippen molar-refractivity contribution in [2.75, 3.05) is 0 Å². The lowest BCUT2D eigenvalue weighted by Gasteiger charge is -1.97. The van der Waals surface area contributed by atoms with Gasteiger partial charge in [0.2, 0.25) is 0 Å². The van der Waals surface area contributed by atoms with Crippen molar-refractivity contribution in [3.05, 3.63) is 70.8 Å². The molecule has 3 nitrogen and oxygen atoms in total. The first-order chi connectivity index (χ1) is 9.73. The van der Waals surface area contributed by atoms with Gasteiger partial charge in [-0.2, -0.15) is 0 Å². The van der Waals surface area contributed by atoms with E-state index in [9.17, 15) is 0 Å². The van der Waals surface area contributed by atoms with E-state index in [4.69, 9.17) is 10.8 Å². The molecule has 0 aliphatic carbocycles. The van der Waals surface area contributed by atoms with Crippen LogP contribution in [-0.2, 0) is 25.0 Å². The monoisotopic (exact) mass is 416 g/mol. The summed E-state index contributed by atoms with van der Waals surface area (Å²) in [7, 11) is 0. The summed E-state index contributed by atoms with van der Waals surface area (Å²) in [4.78, 5) is 0. The molecule has 2 rings (SSSR count). The number of nitrogens with two attached hydrogens (primary N) is 1. The van der Waals surface area contributed by atoms with Gasteiger partial charge in [-0.25, -0.2) is 0 Å².